The first-order chi connectivity index (χ1) is 12.0. The molecule has 1 aliphatic carbocycles. The standard InChI is InChI=1S/C20H21FN2O2/c1-14(24)23-18-9-5-16(6-10-18)20(11-2-12-20)19(25)22-13-15-3-7-17(21)8-4-15/h3-10H,2,11-13H2,1H3,(H,22,25)(H,23,24). The summed E-state index contributed by atoms with van der Waals surface area (Å²) in [4.78, 5) is 23.9. The molecule has 0 radical (unpaired) electrons. The molecule has 1 saturated carbocycles. The SMILES string of the molecule is CC(=O)Nc1ccc(C2(C(=O)NCc3ccc(F)cc3)CCC2)cc1. The molecule has 0 bridgehead atoms. The Bertz CT molecular complexity index is 765. The van der Waals surface area contributed by atoms with Crippen LogP contribution in [0, 0.1) is 5.82 Å². The Labute approximate surface area is 146 Å². The van der Waals surface area contributed by atoms with Crippen LogP contribution in [-0.2, 0) is 21.5 Å². The fraction of sp³-hybridized carbons (Fsp3) is 0.300. The Kier molecular flexibility index (Phi) is 4.83. The quantitative estimate of drug-likeness (QED) is 0.875. The minimum absolute atomic E-state index is 0.00430. The van der Waals surface area contributed by atoms with Crippen LogP contribution in [-0.4, -0.2) is 11.8 Å². The Hall–Kier alpha value is -2.69. The fourth-order valence-corrected chi connectivity index (χ4v) is 3.21. The summed E-state index contributed by atoms with van der Waals surface area (Å²) < 4.78 is 13.0. The third kappa shape index (κ3) is 3.71. The second-order valence-corrected chi connectivity index (χ2v) is 6.50. The fourth-order valence-electron chi connectivity index (χ4n) is 3.21. The van der Waals surface area contributed by atoms with Gasteiger partial charge in [0.2, 0.25) is 11.8 Å². The van der Waals surface area contributed by atoms with Gasteiger partial charge in [0.1, 0.15) is 5.82 Å². The summed E-state index contributed by atoms with van der Waals surface area (Å²) in [6.07, 6.45) is 2.63. The van der Waals surface area contributed by atoms with E-state index in [0.29, 0.717) is 6.54 Å². The smallest absolute Gasteiger partial charge is 0.230 e. The number of anilines is 1. The molecule has 0 atom stereocenters. The zero-order valence-corrected chi connectivity index (χ0v) is 14.1. The molecule has 130 valence electrons. The van der Waals surface area contributed by atoms with Crippen molar-refractivity contribution in [2.75, 3.05) is 5.32 Å². The van der Waals surface area contributed by atoms with Gasteiger partial charge in [-0.15, -0.1) is 0 Å². The van der Waals surface area contributed by atoms with Crippen molar-refractivity contribution in [3.8, 4) is 0 Å². The van der Waals surface area contributed by atoms with E-state index in [-0.39, 0.29) is 17.6 Å². The maximum absolute atomic E-state index is 13.0. The molecule has 1 aliphatic rings. The number of rotatable bonds is 5. The van der Waals surface area contributed by atoms with Crippen molar-refractivity contribution < 1.29 is 14.0 Å². The first-order valence-electron chi connectivity index (χ1n) is 8.40. The van der Waals surface area contributed by atoms with E-state index in [1.807, 2.05) is 24.3 Å². The van der Waals surface area contributed by atoms with Crippen LogP contribution in [0.3, 0.4) is 0 Å². The van der Waals surface area contributed by atoms with Crippen molar-refractivity contribution in [1.29, 1.82) is 0 Å². The number of hydrogen-bond acceptors (Lipinski definition) is 2. The first-order valence-corrected chi connectivity index (χ1v) is 8.40. The number of carbonyl (C=O) groups excluding carboxylic acids is 2. The van der Waals surface area contributed by atoms with Crippen LogP contribution in [0.5, 0.6) is 0 Å². The Morgan fingerprint density at radius 1 is 1.04 bits per heavy atom. The number of halogens is 1. The van der Waals surface area contributed by atoms with Gasteiger partial charge in [0, 0.05) is 19.2 Å². The number of nitrogens with one attached hydrogen (secondary N) is 2. The number of amides is 2. The molecule has 2 N–H and O–H groups in total. The lowest BCUT2D eigenvalue weighted by Gasteiger charge is -2.40. The number of carbonyl (C=O) groups is 2. The topological polar surface area (TPSA) is 58.2 Å². The largest absolute Gasteiger partial charge is 0.351 e. The third-order valence-electron chi connectivity index (χ3n) is 4.77. The van der Waals surface area contributed by atoms with Gasteiger partial charge in [-0.3, -0.25) is 9.59 Å². The molecule has 3 rings (SSSR count). The lowest BCUT2D eigenvalue weighted by Crippen LogP contribution is -2.49. The van der Waals surface area contributed by atoms with Crippen molar-refractivity contribution in [1.82, 2.24) is 5.32 Å². The predicted octanol–water partition coefficient (Wildman–Crippen LogP) is 3.52. The summed E-state index contributed by atoms with van der Waals surface area (Å²) in [5, 5.41) is 5.71. The van der Waals surface area contributed by atoms with E-state index in [9.17, 15) is 14.0 Å². The summed E-state index contributed by atoms with van der Waals surface area (Å²) in [6.45, 7) is 1.84. The molecule has 0 aliphatic heterocycles. The summed E-state index contributed by atoms with van der Waals surface area (Å²) in [7, 11) is 0. The van der Waals surface area contributed by atoms with Crippen molar-refractivity contribution in [3.05, 3.63) is 65.5 Å². The molecule has 0 aromatic heterocycles. The van der Waals surface area contributed by atoms with Crippen LogP contribution in [0.25, 0.3) is 0 Å². The molecule has 2 aromatic rings. The van der Waals surface area contributed by atoms with Crippen LogP contribution >= 0.6 is 0 Å². The Balaban J connectivity index is 1.70. The van der Waals surface area contributed by atoms with Gasteiger partial charge in [-0.1, -0.05) is 30.7 Å². The average Bonchev–Trinajstić information content (AvgIpc) is 2.54. The Morgan fingerprint density at radius 2 is 1.68 bits per heavy atom. The van der Waals surface area contributed by atoms with Crippen molar-refractivity contribution in [3.63, 3.8) is 0 Å². The summed E-state index contributed by atoms with van der Waals surface area (Å²) in [5.41, 5.74) is 2.04. The van der Waals surface area contributed by atoms with Crippen LogP contribution in [0.2, 0.25) is 0 Å². The van der Waals surface area contributed by atoms with E-state index in [4.69, 9.17) is 0 Å². The number of hydrogen-bond donors (Lipinski definition) is 2. The van der Waals surface area contributed by atoms with Gasteiger partial charge >= 0.3 is 0 Å². The predicted molar refractivity (Wildman–Crippen MR) is 94.5 cm³/mol. The van der Waals surface area contributed by atoms with Gasteiger partial charge in [0.25, 0.3) is 0 Å². The van der Waals surface area contributed by atoms with Gasteiger partial charge < -0.3 is 10.6 Å². The van der Waals surface area contributed by atoms with E-state index in [2.05, 4.69) is 10.6 Å². The molecule has 0 heterocycles. The lowest BCUT2D eigenvalue weighted by molar-refractivity contribution is -0.130. The molecule has 1 fully saturated rings. The van der Waals surface area contributed by atoms with Gasteiger partial charge in [0.15, 0.2) is 0 Å². The first kappa shape index (κ1) is 17.1. The molecule has 2 amide bonds. The molecule has 4 nitrogen and oxygen atoms in total. The normalized spacial score (nSPS) is 15.1. The van der Waals surface area contributed by atoms with E-state index in [1.54, 1.807) is 12.1 Å². The molecule has 25 heavy (non-hydrogen) atoms. The van der Waals surface area contributed by atoms with Crippen LogP contribution in [0.4, 0.5) is 10.1 Å². The van der Waals surface area contributed by atoms with E-state index in [1.165, 1.54) is 19.1 Å². The average molecular weight is 340 g/mol. The summed E-state index contributed by atoms with van der Waals surface area (Å²) in [6, 6.07) is 13.6. The molecule has 0 unspecified atom stereocenters. The highest BCUT2D eigenvalue weighted by Crippen LogP contribution is 2.44. The second-order valence-electron chi connectivity index (χ2n) is 6.50. The van der Waals surface area contributed by atoms with E-state index >= 15 is 0 Å². The second kappa shape index (κ2) is 7.05. The van der Waals surface area contributed by atoms with E-state index < -0.39 is 5.41 Å². The van der Waals surface area contributed by atoms with Crippen LogP contribution in [0.15, 0.2) is 48.5 Å². The maximum atomic E-state index is 13.0. The molecule has 2 aromatic carbocycles. The monoisotopic (exact) mass is 340 g/mol. The summed E-state index contributed by atoms with van der Waals surface area (Å²) >= 11 is 0. The van der Waals surface area contributed by atoms with Gasteiger partial charge in [-0.05, 0) is 48.2 Å². The molecule has 0 saturated heterocycles. The van der Waals surface area contributed by atoms with Gasteiger partial charge in [0.05, 0.1) is 5.41 Å². The van der Waals surface area contributed by atoms with Crippen LogP contribution in [0.1, 0.15) is 37.3 Å². The van der Waals surface area contributed by atoms with Crippen molar-refractivity contribution in [2.45, 2.75) is 38.1 Å². The highest BCUT2D eigenvalue weighted by Gasteiger charge is 2.45. The highest BCUT2D eigenvalue weighted by atomic mass is 19.1. The van der Waals surface area contributed by atoms with Crippen molar-refractivity contribution >= 4 is 17.5 Å². The molecule has 5 heteroatoms. The number of benzene rings is 2. The minimum atomic E-state index is -0.505. The molecular weight excluding hydrogens is 319 g/mol. The molecule has 0 spiro atoms. The zero-order chi connectivity index (χ0) is 17.9. The van der Waals surface area contributed by atoms with E-state index in [0.717, 1.165) is 36.1 Å². The summed E-state index contributed by atoms with van der Waals surface area (Å²) in [5.74, 6) is -0.414. The maximum Gasteiger partial charge on any atom is 0.230 e. The highest BCUT2D eigenvalue weighted by molar-refractivity contribution is 5.90. The zero-order valence-electron chi connectivity index (χ0n) is 14.1. The van der Waals surface area contributed by atoms with Gasteiger partial charge in [-0.2, -0.15) is 0 Å². The van der Waals surface area contributed by atoms with Crippen LogP contribution < -0.4 is 10.6 Å². The van der Waals surface area contributed by atoms with Crippen molar-refractivity contribution in [2.24, 2.45) is 0 Å². The van der Waals surface area contributed by atoms with Gasteiger partial charge in [-0.25, -0.2) is 4.39 Å². The lowest BCUT2D eigenvalue weighted by atomic mass is 9.63. The minimum Gasteiger partial charge on any atom is -0.351 e. The molecular formula is C20H21FN2O2. The Morgan fingerprint density at radius 3 is 2.20 bits per heavy atom. The third-order valence-corrected chi connectivity index (χ3v) is 4.77.